The van der Waals surface area contributed by atoms with E-state index in [-0.39, 0.29) is 36.7 Å². The Balaban J connectivity index is 1.93. The van der Waals surface area contributed by atoms with Crippen molar-refractivity contribution in [3.63, 3.8) is 0 Å². The molecule has 1 aliphatic rings. The number of aryl methyl sites for hydroxylation is 1. The molecule has 9 heteroatoms. The van der Waals surface area contributed by atoms with E-state index in [0.29, 0.717) is 5.69 Å². The van der Waals surface area contributed by atoms with E-state index in [1.165, 1.54) is 10.7 Å². The maximum atomic E-state index is 14.2. The third kappa shape index (κ3) is 2.85. The lowest BCUT2D eigenvalue weighted by atomic mass is 9.92. The molecule has 0 unspecified atom stereocenters. The topological polar surface area (TPSA) is 70.9 Å². The fourth-order valence-corrected chi connectivity index (χ4v) is 3.80. The zero-order chi connectivity index (χ0) is 20.2. The molecule has 0 saturated heterocycles. The number of nitrogens with zero attached hydrogens (tertiary/aromatic N) is 2. The van der Waals surface area contributed by atoms with Crippen LogP contribution in [0.4, 0.5) is 17.6 Å². The number of hydrogen-bond acceptors (Lipinski definition) is 3. The van der Waals surface area contributed by atoms with Gasteiger partial charge in [0, 0.05) is 12.8 Å². The highest BCUT2D eigenvalue weighted by molar-refractivity contribution is 5.84. The van der Waals surface area contributed by atoms with Crippen molar-refractivity contribution in [1.29, 1.82) is 0 Å². The minimum absolute atomic E-state index is 0.0651. The van der Waals surface area contributed by atoms with E-state index in [9.17, 15) is 27.5 Å². The van der Waals surface area contributed by atoms with Crippen molar-refractivity contribution in [1.82, 2.24) is 14.8 Å². The van der Waals surface area contributed by atoms with E-state index in [1.54, 1.807) is 6.92 Å². The van der Waals surface area contributed by atoms with Crippen LogP contribution in [0.2, 0.25) is 0 Å². The molecule has 1 fully saturated rings. The van der Waals surface area contributed by atoms with Crippen LogP contribution in [0, 0.1) is 18.6 Å². The van der Waals surface area contributed by atoms with Gasteiger partial charge in [0.1, 0.15) is 17.3 Å². The van der Waals surface area contributed by atoms with Crippen LogP contribution >= 0.6 is 0 Å². The minimum Gasteiger partial charge on any atom is -0.503 e. The van der Waals surface area contributed by atoms with Crippen molar-refractivity contribution < 1.29 is 22.7 Å². The van der Waals surface area contributed by atoms with Gasteiger partial charge < -0.3 is 10.1 Å². The molecule has 28 heavy (non-hydrogen) atoms. The van der Waals surface area contributed by atoms with Crippen LogP contribution in [0.1, 0.15) is 37.4 Å². The summed E-state index contributed by atoms with van der Waals surface area (Å²) in [6.07, 6.45) is -0.324. The fourth-order valence-electron chi connectivity index (χ4n) is 3.80. The molecule has 0 spiro atoms. The predicted octanol–water partition coefficient (Wildman–Crippen LogP) is 4.43. The van der Waals surface area contributed by atoms with Gasteiger partial charge in [-0.1, -0.05) is 6.07 Å². The molecule has 1 saturated carbocycles. The first-order valence-electron chi connectivity index (χ1n) is 8.86. The summed E-state index contributed by atoms with van der Waals surface area (Å²) < 4.78 is 56.8. The van der Waals surface area contributed by atoms with Gasteiger partial charge in [-0.05, 0) is 31.9 Å². The highest BCUT2D eigenvalue weighted by Gasteiger charge is 2.37. The van der Waals surface area contributed by atoms with Crippen LogP contribution in [0.25, 0.3) is 22.3 Å². The lowest BCUT2D eigenvalue weighted by molar-refractivity contribution is -0.0446. The van der Waals surface area contributed by atoms with Gasteiger partial charge in [0.05, 0.1) is 28.4 Å². The van der Waals surface area contributed by atoms with Crippen LogP contribution in [-0.4, -0.2) is 25.8 Å². The number of aromatic hydroxyl groups is 1. The molecule has 1 aromatic carbocycles. The SMILES string of the molecule is Cc1nn(C2CCC(F)(F)CC2)c2[nH]c(-c3c(F)cccc3F)c(O)c(=O)c12. The Hall–Kier alpha value is -2.84. The zero-order valence-electron chi connectivity index (χ0n) is 14.9. The van der Waals surface area contributed by atoms with Gasteiger partial charge in [0.15, 0.2) is 5.75 Å². The van der Waals surface area contributed by atoms with Gasteiger partial charge in [0.25, 0.3) is 0 Å². The van der Waals surface area contributed by atoms with Crippen molar-refractivity contribution in [3.8, 4) is 17.0 Å². The zero-order valence-corrected chi connectivity index (χ0v) is 14.9. The summed E-state index contributed by atoms with van der Waals surface area (Å²) in [6, 6.07) is 2.78. The average molecular weight is 395 g/mol. The summed E-state index contributed by atoms with van der Waals surface area (Å²) in [5.41, 5.74) is -1.36. The molecule has 148 valence electrons. The van der Waals surface area contributed by atoms with Crippen LogP contribution in [0.3, 0.4) is 0 Å². The van der Waals surface area contributed by atoms with Gasteiger partial charge in [-0.3, -0.25) is 4.79 Å². The molecule has 2 aromatic heterocycles. The summed E-state index contributed by atoms with van der Waals surface area (Å²) in [5, 5.41) is 14.6. The van der Waals surface area contributed by atoms with Gasteiger partial charge in [-0.25, -0.2) is 22.2 Å². The number of halogens is 4. The summed E-state index contributed by atoms with van der Waals surface area (Å²) >= 11 is 0. The number of hydrogen-bond donors (Lipinski definition) is 2. The minimum atomic E-state index is -2.73. The van der Waals surface area contributed by atoms with Crippen LogP contribution in [0.15, 0.2) is 23.0 Å². The van der Waals surface area contributed by atoms with E-state index in [4.69, 9.17) is 0 Å². The number of rotatable bonds is 2. The number of H-pyrrole nitrogens is 1. The maximum Gasteiger partial charge on any atom is 0.248 e. The number of aromatic amines is 1. The van der Waals surface area contributed by atoms with Gasteiger partial charge in [0.2, 0.25) is 11.4 Å². The standard InChI is InChI=1S/C19H17F4N3O2/c1-9-13-16(27)17(28)15(14-11(20)3-2-4-12(14)21)24-18(13)26(25-9)10-5-7-19(22,23)8-6-10/h2-4,10,28H,5-8H2,1H3,(H,24,27). The molecule has 0 aliphatic heterocycles. The third-order valence-corrected chi connectivity index (χ3v) is 5.25. The van der Waals surface area contributed by atoms with Crippen molar-refractivity contribution in [3.05, 3.63) is 45.8 Å². The molecule has 2 N–H and O–H groups in total. The van der Waals surface area contributed by atoms with E-state index >= 15 is 0 Å². The van der Waals surface area contributed by atoms with E-state index < -0.39 is 46.0 Å². The Morgan fingerprint density at radius 2 is 1.82 bits per heavy atom. The highest BCUT2D eigenvalue weighted by atomic mass is 19.3. The first kappa shape index (κ1) is 18.5. The molecule has 4 rings (SSSR count). The quantitative estimate of drug-likeness (QED) is 0.631. The molecular weight excluding hydrogens is 378 g/mol. The molecule has 1 aliphatic carbocycles. The molecule has 0 amide bonds. The fraction of sp³-hybridized carbons (Fsp3) is 0.368. The molecule has 0 radical (unpaired) electrons. The normalized spacial score (nSPS) is 17.3. The molecule has 0 bridgehead atoms. The van der Waals surface area contributed by atoms with Crippen molar-refractivity contribution in [2.45, 2.75) is 44.6 Å². The smallest absolute Gasteiger partial charge is 0.248 e. The Morgan fingerprint density at radius 3 is 2.43 bits per heavy atom. The molecule has 3 aromatic rings. The van der Waals surface area contributed by atoms with Crippen LogP contribution in [-0.2, 0) is 0 Å². The van der Waals surface area contributed by atoms with Crippen LogP contribution in [0.5, 0.6) is 5.75 Å². The third-order valence-electron chi connectivity index (χ3n) is 5.25. The van der Waals surface area contributed by atoms with Crippen molar-refractivity contribution in [2.75, 3.05) is 0 Å². The van der Waals surface area contributed by atoms with Gasteiger partial charge in [-0.2, -0.15) is 5.10 Å². The lowest BCUT2D eigenvalue weighted by Crippen LogP contribution is -2.27. The largest absolute Gasteiger partial charge is 0.503 e. The monoisotopic (exact) mass is 395 g/mol. The summed E-state index contributed by atoms with van der Waals surface area (Å²) in [6.45, 7) is 1.55. The Bertz CT molecular complexity index is 1110. The van der Waals surface area contributed by atoms with Crippen LogP contribution < -0.4 is 5.43 Å². The summed E-state index contributed by atoms with van der Waals surface area (Å²) in [5.74, 6) is -5.47. The second-order valence-electron chi connectivity index (χ2n) is 7.12. The first-order chi connectivity index (χ1) is 13.2. The number of aromatic nitrogens is 3. The van der Waals surface area contributed by atoms with Gasteiger partial charge in [-0.15, -0.1) is 0 Å². The Morgan fingerprint density at radius 1 is 1.21 bits per heavy atom. The van der Waals surface area contributed by atoms with E-state index in [2.05, 4.69) is 10.1 Å². The number of pyridine rings is 1. The first-order valence-corrected chi connectivity index (χ1v) is 8.86. The molecule has 2 heterocycles. The number of benzene rings is 1. The number of alkyl halides is 2. The lowest BCUT2D eigenvalue weighted by Gasteiger charge is -2.28. The predicted molar refractivity (Wildman–Crippen MR) is 94.6 cm³/mol. The summed E-state index contributed by atoms with van der Waals surface area (Å²) in [7, 11) is 0. The summed E-state index contributed by atoms with van der Waals surface area (Å²) in [4.78, 5) is 15.4. The van der Waals surface area contributed by atoms with E-state index in [0.717, 1.165) is 12.1 Å². The second-order valence-corrected chi connectivity index (χ2v) is 7.12. The Labute approximate surface area is 156 Å². The molecule has 5 nitrogen and oxygen atoms in total. The number of nitrogens with one attached hydrogen (secondary N) is 1. The second kappa shape index (κ2) is 6.35. The average Bonchev–Trinajstić information content (AvgIpc) is 2.95. The van der Waals surface area contributed by atoms with Gasteiger partial charge >= 0.3 is 0 Å². The maximum absolute atomic E-state index is 14.2. The highest BCUT2D eigenvalue weighted by Crippen LogP contribution is 2.40. The van der Waals surface area contributed by atoms with E-state index in [1.807, 2.05) is 0 Å². The Kier molecular flexibility index (Phi) is 4.20. The number of fused-ring (bicyclic) bond motifs is 1. The van der Waals surface area contributed by atoms with Crippen molar-refractivity contribution in [2.24, 2.45) is 0 Å². The van der Waals surface area contributed by atoms with Crippen molar-refractivity contribution >= 4 is 11.0 Å². The molecular formula is C19H17F4N3O2. The molecule has 0 atom stereocenters.